The van der Waals surface area contributed by atoms with Crippen molar-refractivity contribution in [2.24, 2.45) is 0 Å². The Morgan fingerprint density at radius 3 is 2.38 bits per heavy atom. The van der Waals surface area contributed by atoms with Gasteiger partial charge in [0.25, 0.3) is 0 Å². The Labute approximate surface area is 168 Å². The van der Waals surface area contributed by atoms with E-state index < -0.39 is 15.3 Å². The minimum Gasteiger partial charge on any atom is -0.726 e. The highest BCUT2D eigenvalue weighted by atomic mass is 32.3. The summed E-state index contributed by atoms with van der Waals surface area (Å²) < 4.78 is 46.6. The van der Waals surface area contributed by atoms with Crippen LogP contribution in [0.5, 0.6) is 11.5 Å². The SMILES string of the molecule is C[NH+](CCOc1cc(OCc2ccccc2)ccc1[N+](=O)[O-])CCOS(=O)(=O)[O-]. The molecular weight excluding hydrogens is 404 g/mol. The van der Waals surface area contributed by atoms with E-state index in [1.54, 1.807) is 7.05 Å². The number of nitrogens with one attached hydrogen (secondary N) is 1. The molecule has 0 saturated carbocycles. The summed E-state index contributed by atoms with van der Waals surface area (Å²) in [5.41, 5.74) is 0.774. The molecule has 0 heterocycles. The van der Waals surface area contributed by atoms with Gasteiger partial charge in [0.15, 0.2) is 0 Å². The van der Waals surface area contributed by atoms with Crippen molar-refractivity contribution in [3.8, 4) is 11.5 Å². The third kappa shape index (κ3) is 8.44. The lowest BCUT2D eigenvalue weighted by Gasteiger charge is -2.15. The van der Waals surface area contributed by atoms with E-state index in [0.717, 1.165) is 10.5 Å². The molecule has 29 heavy (non-hydrogen) atoms. The maximum Gasteiger partial charge on any atom is 0.311 e. The summed E-state index contributed by atoms with van der Waals surface area (Å²) in [5.74, 6) is 0.510. The molecule has 0 amide bonds. The highest BCUT2D eigenvalue weighted by Gasteiger charge is 2.17. The van der Waals surface area contributed by atoms with Gasteiger partial charge in [-0.15, -0.1) is 0 Å². The van der Waals surface area contributed by atoms with E-state index >= 15 is 0 Å². The van der Waals surface area contributed by atoms with Crippen LogP contribution in [0.25, 0.3) is 0 Å². The lowest BCUT2D eigenvalue weighted by atomic mass is 10.2. The Hall–Kier alpha value is -2.73. The molecule has 0 aliphatic heterocycles. The van der Waals surface area contributed by atoms with Crippen LogP contribution in [-0.2, 0) is 21.2 Å². The molecule has 0 aromatic heterocycles. The van der Waals surface area contributed by atoms with E-state index in [-0.39, 0.29) is 31.2 Å². The molecule has 0 saturated heterocycles. The highest BCUT2D eigenvalue weighted by Crippen LogP contribution is 2.31. The molecule has 0 aliphatic rings. The van der Waals surface area contributed by atoms with E-state index in [4.69, 9.17) is 9.47 Å². The monoisotopic (exact) mass is 426 g/mol. The molecule has 2 aromatic rings. The molecule has 10 nitrogen and oxygen atoms in total. The molecule has 2 rings (SSSR count). The van der Waals surface area contributed by atoms with Gasteiger partial charge in [-0.05, 0) is 11.6 Å². The number of nitro groups is 1. The zero-order valence-electron chi connectivity index (χ0n) is 15.8. The maximum absolute atomic E-state index is 11.2. The molecule has 0 radical (unpaired) electrons. The number of hydrogen-bond acceptors (Lipinski definition) is 8. The van der Waals surface area contributed by atoms with E-state index in [1.165, 1.54) is 18.2 Å². The fourth-order valence-electron chi connectivity index (χ4n) is 2.37. The molecule has 0 fully saturated rings. The average Bonchev–Trinajstić information content (AvgIpc) is 2.66. The van der Waals surface area contributed by atoms with Crippen molar-refractivity contribution in [1.29, 1.82) is 0 Å². The van der Waals surface area contributed by atoms with Gasteiger partial charge in [-0.25, -0.2) is 8.42 Å². The van der Waals surface area contributed by atoms with Gasteiger partial charge in [-0.2, -0.15) is 0 Å². The van der Waals surface area contributed by atoms with Crippen LogP contribution in [-0.4, -0.2) is 51.2 Å². The maximum atomic E-state index is 11.2. The Morgan fingerprint density at radius 2 is 1.72 bits per heavy atom. The second kappa shape index (κ2) is 10.7. The van der Waals surface area contributed by atoms with Crippen LogP contribution in [0.2, 0.25) is 0 Å². The molecule has 158 valence electrons. The van der Waals surface area contributed by atoms with Gasteiger partial charge in [-0.3, -0.25) is 14.3 Å². The number of ether oxygens (including phenoxy) is 2. The summed E-state index contributed by atoms with van der Waals surface area (Å²) in [4.78, 5) is 11.5. The fourth-order valence-corrected chi connectivity index (χ4v) is 2.66. The number of nitro benzene ring substituents is 1. The number of nitrogens with zero attached hydrogens (tertiary/aromatic N) is 1. The smallest absolute Gasteiger partial charge is 0.311 e. The third-order valence-electron chi connectivity index (χ3n) is 3.92. The highest BCUT2D eigenvalue weighted by molar-refractivity contribution is 7.80. The first kappa shape index (κ1) is 22.6. The number of rotatable bonds is 12. The van der Waals surface area contributed by atoms with E-state index in [1.807, 2.05) is 30.3 Å². The van der Waals surface area contributed by atoms with Gasteiger partial charge >= 0.3 is 5.69 Å². The Bertz CT molecular complexity index is 905. The lowest BCUT2D eigenvalue weighted by Crippen LogP contribution is -3.10. The van der Waals surface area contributed by atoms with Gasteiger partial charge in [0.2, 0.25) is 16.1 Å². The van der Waals surface area contributed by atoms with Crippen LogP contribution in [0.3, 0.4) is 0 Å². The van der Waals surface area contributed by atoms with Gasteiger partial charge in [0.05, 0.1) is 12.0 Å². The Morgan fingerprint density at radius 1 is 1.03 bits per heavy atom. The van der Waals surface area contributed by atoms with Crippen molar-refractivity contribution in [3.05, 3.63) is 64.2 Å². The van der Waals surface area contributed by atoms with Crippen molar-refractivity contribution < 1.29 is 36.5 Å². The van der Waals surface area contributed by atoms with Crippen LogP contribution in [0, 0.1) is 10.1 Å². The standard InChI is InChI=1S/C18H22N2O8S/c1-19(10-12-28-29(23,24)25)9-11-26-18-13-16(7-8-17(18)20(21)22)27-14-15-5-3-2-4-6-15/h2-8,13H,9-12,14H2,1H3,(H,23,24,25). The number of likely N-dealkylation sites (N-methyl/N-ethyl adjacent to an activating group) is 1. The second-order valence-corrected chi connectivity index (χ2v) is 7.25. The van der Waals surface area contributed by atoms with E-state index in [0.29, 0.717) is 18.9 Å². The van der Waals surface area contributed by atoms with Crippen LogP contribution < -0.4 is 14.4 Å². The lowest BCUT2D eigenvalue weighted by molar-refractivity contribution is -0.879. The number of hydrogen-bond donors (Lipinski definition) is 1. The van der Waals surface area contributed by atoms with Crippen molar-refractivity contribution in [2.75, 3.05) is 33.4 Å². The molecule has 1 atom stereocenters. The van der Waals surface area contributed by atoms with Gasteiger partial charge < -0.3 is 18.9 Å². The van der Waals surface area contributed by atoms with Crippen molar-refractivity contribution in [2.45, 2.75) is 6.61 Å². The quantitative estimate of drug-likeness (QED) is 0.225. The van der Waals surface area contributed by atoms with Crippen LogP contribution >= 0.6 is 0 Å². The Kier molecular flexibility index (Phi) is 8.34. The molecule has 1 N–H and O–H groups in total. The van der Waals surface area contributed by atoms with Crippen LogP contribution in [0.4, 0.5) is 5.69 Å². The summed E-state index contributed by atoms with van der Waals surface area (Å²) >= 11 is 0. The molecule has 1 unspecified atom stereocenters. The molecule has 0 bridgehead atoms. The average molecular weight is 426 g/mol. The molecule has 11 heteroatoms. The summed E-state index contributed by atoms with van der Waals surface area (Å²) in [6.45, 7) is 0.870. The second-order valence-electron chi connectivity index (χ2n) is 6.20. The number of quaternary nitrogens is 1. The first-order valence-corrected chi connectivity index (χ1v) is 10.1. The third-order valence-corrected chi connectivity index (χ3v) is 4.37. The minimum atomic E-state index is -4.71. The van der Waals surface area contributed by atoms with Crippen molar-refractivity contribution in [1.82, 2.24) is 0 Å². The van der Waals surface area contributed by atoms with Crippen molar-refractivity contribution in [3.63, 3.8) is 0 Å². The molecule has 0 spiro atoms. The summed E-state index contributed by atoms with van der Waals surface area (Å²) in [5, 5.41) is 11.2. The van der Waals surface area contributed by atoms with Gasteiger partial charge in [-0.1, -0.05) is 30.3 Å². The normalized spacial score (nSPS) is 12.3. The first-order chi connectivity index (χ1) is 13.7. The summed E-state index contributed by atoms with van der Waals surface area (Å²) in [6.07, 6.45) is 0. The fraction of sp³-hybridized carbons (Fsp3) is 0.333. The summed E-state index contributed by atoms with van der Waals surface area (Å²) in [6, 6.07) is 13.8. The number of benzene rings is 2. The molecule has 0 aliphatic carbocycles. The first-order valence-electron chi connectivity index (χ1n) is 8.74. The predicted octanol–water partition coefficient (Wildman–Crippen LogP) is 0.544. The Balaban J connectivity index is 1.90. The van der Waals surface area contributed by atoms with Gasteiger partial charge in [0.1, 0.15) is 38.7 Å². The predicted molar refractivity (Wildman–Crippen MR) is 102 cm³/mol. The van der Waals surface area contributed by atoms with Crippen LogP contribution in [0.15, 0.2) is 48.5 Å². The minimum absolute atomic E-state index is 0.0757. The van der Waals surface area contributed by atoms with E-state index in [2.05, 4.69) is 4.18 Å². The summed E-state index contributed by atoms with van der Waals surface area (Å²) in [7, 11) is -2.96. The van der Waals surface area contributed by atoms with Gasteiger partial charge in [0, 0.05) is 12.1 Å². The topological polar surface area (TPSA) is 132 Å². The van der Waals surface area contributed by atoms with Crippen LogP contribution in [0.1, 0.15) is 5.56 Å². The zero-order chi connectivity index (χ0) is 21.3. The van der Waals surface area contributed by atoms with E-state index in [9.17, 15) is 23.1 Å². The van der Waals surface area contributed by atoms with Crippen molar-refractivity contribution >= 4 is 16.1 Å². The molecule has 2 aromatic carbocycles. The molecular formula is C18H22N2O8S. The largest absolute Gasteiger partial charge is 0.726 e. The zero-order valence-corrected chi connectivity index (χ0v) is 16.6.